The van der Waals surface area contributed by atoms with Gasteiger partial charge in [0.05, 0.1) is 6.04 Å². The number of aldehydes is 1. The highest BCUT2D eigenvalue weighted by molar-refractivity contribution is 5.93. The molecule has 3 aromatic rings. The highest BCUT2D eigenvalue weighted by Crippen LogP contribution is 2.31. The predicted octanol–water partition coefficient (Wildman–Crippen LogP) is 2.33. The number of nitrogen functional groups attached to an aromatic ring is 1. The molecule has 0 radical (unpaired) electrons. The zero-order chi connectivity index (χ0) is 19.6. The largest absolute Gasteiger partial charge is 0.382 e. The van der Waals surface area contributed by atoms with Gasteiger partial charge in [-0.05, 0) is 19.8 Å². The second-order valence-electron chi connectivity index (χ2n) is 6.06. The smallest absolute Gasteiger partial charge is 0.298 e. The van der Waals surface area contributed by atoms with E-state index >= 15 is 0 Å². The van der Waals surface area contributed by atoms with Crippen LogP contribution in [0.25, 0.3) is 16.8 Å². The van der Waals surface area contributed by atoms with Crippen molar-refractivity contribution < 1.29 is 9.59 Å². The average Bonchev–Trinajstić information content (AvgIpc) is 3.08. The summed E-state index contributed by atoms with van der Waals surface area (Å²) in [4.78, 5) is 33.5. The van der Waals surface area contributed by atoms with E-state index in [1.807, 2.05) is 23.5 Å². The molecule has 1 amide bonds. The summed E-state index contributed by atoms with van der Waals surface area (Å²) in [6, 6.07) is 6.72. The minimum atomic E-state index is -0.337. The molecule has 1 aromatic carbocycles. The van der Waals surface area contributed by atoms with Crippen LogP contribution in [0.3, 0.4) is 0 Å². The monoisotopic (exact) mass is 361 g/mol. The van der Waals surface area contributed by atoms with E-state index in [0.29, 0.717) is 28.4 Å². The van der Waals surface area contributed by atoms with Crippen LogP contribution in [0.2, 0.25) is 0 Å². The van der Waals surface area contributed by atoms with Crippen LogP contribution >= 0.6 is 0 Å². The molecule has 7 nitrogen and oxygen atoms in total. The molecule has 7 heteroatoms. The van der Waals surface area contributed by atoms with Crippen LogP contribution < -0.4 is 5.73 Å². The molecular weight excluding hydrogens is 342 g/mol. The Labute approximate surface area is 156 Å². The summed E-state index contributed by atoms with van der Waals surface area (Å²) in [5, 5.41) is 0. The number of imidazole rings is 1. The van der Waals surface area contributed by atoms with Gasteiger partial charge in [-0.3, -0.25) is 14.0 Å². The van der Waals surface area contributed by atoms with Crippen LogP contribution in [-0.2, 0) is 4.79 Å². The zero-order valence-electron chi connectivity index (χ0n) is 15.3. The highest BCUT2D eigenvalue weighted by atomic mass is 16.2. The Bertz CT molecular complexity index is 1070. The van der Waals surface area contributed by atoms with Gasteiger partial charge in [-0.25, -0.2) is 9.97 Å². The van der Waals surface area contributed by atoms with Gasteiger partial charge in [-0.1, -0.05) is 30.2 Å². The van der Waals surface area contributed by atoms with E-state index in [1.165, 1.54) is 4.90 Å². The fraction of sp³-hybridized carbons (Fsp3) is 0.200. The third-order valence-electron chi connectivity index (χ3n) is 4.44. The van der Waals surface area contributed by atoms with Gasteiger partial charge in [0.25, 0.3) is 5.91 Å². The Morgan fingerprint density at radius 1 is 1.33 bits per heavy atom. The predicted molar refractivity (Wildman–Crippen MR) is 103 cm³/mol. The van der Waals surface area contributed by atoms with E-state index in [9.17, 15) is 9.59 Å². The molecule has 0 aliphatic carbocycles. The van der Waals surface area contributed by atoms with Crippen LogP contribution in [0.5, 0.6) is 0 Å². The van der Waals surface area contributed by atoms with Gasteiger partial charge in [0.15, 0.2) is 0 Å². The molecular formula is C20H19N5O2. The Kier molecular flexibility index (Phi) is 4.90. The Hall–Kier alpha value is -3.66. The van der Waals surface area contributed by atoms with Gasteiger partial charge < -0.3 is 10.6 Å². The van der Waals surface area contributed by atoms with Gasteiger partial charge in [0, 0.05) is 30.6 Å². The van der Waals surface area contributed by atoms with Gasteiger partial charge >= 0.3 is 0 Å². The molecule has 27 heavy (non-hydrogen) atoms. The second-order valence-corrected chi connectivity index (χ2v) is 6.06. The standard InChI is InChI=1S/C20H19N5O2/c1-4-5-16(27)24(3)13(2)20-23-17(15-8-6-14(12-26)7-9-15)18-19(21)22-10-11-25(18)20/h6-13H,1-3H3,(H2,21,22)/t13-/m0/s1. The molecule has 2 N–H and O–H groups in total. The summed E-state index contributed by atoms with van der Waals surface area (Å²) < 4.78 is 1.83. The lowest BCUT2D eigenvalue weighted by molar-refractivity contribution is -0.125. The molecule has 1 atom stereocenters. The minimum Gasteiger partial charge on any atom is -0.382 e. The lowest BCUT2D eigenvalue weighted by Crippen LogP contribution is -2.29. The molecule has 2 heterocycles. The molecule has 3 rings (SSSR count). The number of amides is 1. The molecule has 0 saturated heterocycles. The zero-order valence-corrected chi connectivity index (χ0v) is 15.3. The Balaban J connectivity index is 2.17. The van der Waals surface area contributed by atoms with Crippen molar-refractivity contribution in [2.75, 3.05) is 12.8 Å². The quantitative estimate of drug-likeness (QED) is 0.569. The Morgan fingerprint density at radius 2 is 2.04 bits per heavy atom. The number of hydrogen-bond acceptors (Lipinski definition) is 5. The highest BCUT2D eigenvalue weighted by Gasteiger charge is 2.24. The maximum absolute atomic E-state index is 12.2. The number of aromatic nitrogens is 3. The van der Waals surface area contributed by atoms with Crippen molar-refractivity contribution >= 4 is 23.5 Å². The third kappa shape index (κ3) is 3.25. The number of nitrogens with zero attached hydrogens (tertiary/aromatic N) is 4. The van der Waals surface area contributed by atoms with Crippen molar-refractivity contribution in [2.24, 2.45) is 0 Å². The van der Waals surface area contributed by atoms with Gasteiger partial charge in [-0.2, -0.15) is 0 Å². The van der Waals surface area contributed by atoms with E-state index in [1.54, 1.807) is 38.5 Å². The molecule has 2 aromatic heterocycles. The van der Waals surface area contributed by atoms with Crippen LogP contribution in [-0.4, -0.2) is 38.5 Å². The number of anilines is 1. The maximum Gasteiger partial charge on any atom is 0.298 e. The van der Waals surface area contributed by atoms with Crippen LogP contribution in [0.15, 0.2) is 36.7 Å². The molecule has 0 aliphatic rings. The van der Waals surface area contributed by atoms with Crippen molar-refractivity contribution in [3.8, 4) is 23.1 Å². The number of nitrogens with two attached hydrogens (primary N) is 1. The topological polar surface area (TPSA) is 93.6 Å². The van der Waals surface area contributed by atoms with Gasteiger partial charge in [-0.15, -0.1) is 0 Å². The fourth-order valence-corrected chi connectivity index (χ4v) is 2.85. The van der Waals surface area contributed by atoms with Gasteiger partial charge in [0.1, 0.15) is 29.1 Å². The first-order valence-corrected chi connectivity index (χ1v) is 8.35. The first kappa shape index (κ1) is 18.1. The number of carbonyl (C=O) groups is 2. The first-order chi connectivity index (χ1) is 13.0. The first-order valence-electron chi connectivity index (χ1n) is 8.35. The van der Waals surface area contributed by atoms with Crippen molar-refractivity contribution in [3.63, 3.8) is 0 Å². The second kappa shape index (κ2) is 7.30. The van der Waals surface area contributed by atoms with Crippen molar-refractivity contribution in [1.82, 2.24) is 19.3 Å². The number of fused-ring (bicyclic) bond motifs is 1. The number of benzene rings is 1. The van der Waals surface area contributed by atoms with Crippen molar-refractivity contribution in [1.29, 1.82) is 0 Å². The van der Waals surface area contributed by atoms with E-state index in [2.05, 4.69) is 16.8 Å². The molecule has 0 saturated carbocycles. The molecule has 0 spiro atoms. The summed E-state index contributed by atoms with van der Waals surface area (Å²) in [5.74, 6) is 5.84. The summed E-state index contributed by atoms with van der Waals surface area (Å²) >= 11 is 0. The van der Waals surface area contributed by atoms with Crippen LogP contribution in [0.4, 0.5) is 5.82 Å². The molecule has 136 valence electrons. The molecule has 0 aliphatic heterocycles. The Morgan fingerprint density at radius 3 is 2.67 bits per heavy atom. The molecule has 0 unspecified atom stereocenters. The number of carbonyl (C=O) groups excluding carboxylic acids is 2. The maximum atomic E-state index is 12.2. The fourth-order valence-electron chi connectivity index (χ4n) is 2.85. The summed E-state index contributed by atoms with van der Waals surface area (Å²) in [5.41, 5.74) is 8.79. The van der Waals surface area contributed by atoms with E-state index in [-0.39, 0.29) is 11.9 Å². The third-order valence-corrected chi connectivity index (χ3v) is 4.44. The van der Waals surface area contributed by atoms with Crippen LogP contribution in [0, 0.1) is 11.8 Å². The normalized spacial score (nSPS) is 11.5. The molecule has 0 fully saturated rings. The summed E-state index contributed by atoms with van der Waals surface area (Å²) in [7, 11) is 1.68. The lowest BCUT2D eigenvalue weighted by Gasteiger charge is -2.21. The van der Waals surface area contributed by atoms with Crippen molar-refractivity contribution in [2.45, 2.75) is 19.9 Å². The number of rotatable bonds is 4. The molecule has 0 bridgehead atoms. The van der Waals surface area contributed by atoms with E-state index in [4.69, 9.17) is 10.7 Å². The summed E-state index contributed by atoms with van der Waals surface area (Å²) in [6.07, 6.45) is 4.14. The SMILES string of the molecule is CC#CC(=O)N(C)[C@@H](C)c1nc(-c2ccc(C=O)cc2)c2c(N)nccn12. The minimum absolute atomic E-state index is 0.291. The van der Waals surface area contributed by atoms with E-state index in [0.717, 1.165) is 11.8 Å². The summed E-state index contributed by atoms with van der Waals surface area (Å²) in [6.45, 7) is 3.49. The average molecular weight is 361 g/mol. The van der Waals surface area contributed by atoms with Gasteiger partial charge in [0.2, 0.25) is 0 Å². The van der Waals surface area contributed by atoms with E-state index < -0.39 is 0 Å². The van der Waals surface area contributed by atoms with Crippen molar-refractivity contribution in [3.05, 3.63) is 48.0 Å². The number of hydrogen-bond donors (Lipinski definition) is 1. The lowest BCUT2D eigenvalue weighted by atomic mass is 10.1. The van der Waals surface area contributed by atoms with Crippen LogP contribution in [0.1, 0.15) is 36.1 Å².